The van der Waals surface area contributed by atoms with Gasteiger partial charge in [0.1, 0.15) is 0 Å². The van der Waals surface area contributed by atoms with Gasteiger partial charge in [-0.1, -0.05) is 6.08 Å². The van der Waals surface area contributed by atoms with Crippen molar-refractivity contribution in [3.8, 4) is 0 Å². The maximum atomic E-state index is 5.54. The summed E-state index contributed by atoms with van der Waals surface area (Å²) >= 11 is 2.07. The summed E-state index contributed by atoms with van der Waals surface area (Å²) in [6.45, 7) is 9.60. The topological polar surface area (TPSA) is 40.1 Å². The number of thioether (sulfide) groups is 1. The molecule has 0 saturated carbocycles. The Kier molecular flexibility index (Phi) is 7.73. The van der Waals surface area contributed by atoms with Crippen molar-refractivity contribution in [3.05, 3.63) is 12.7 Å². The van der Waals surface area contributed by atoms with E-state index in [4.69, 9.17) is 4.74 Å². The highest BCUT2D eigenvalue weighted by Gasteiger charge is 2.40. The van der Waals surface area contributed by atoms with Crippen LogP contribution in [0.3, 0.4) is 0 Å². The first kappa shape index (κ1) is 18.6. The fourth-order valence-corrected chi connectivity index (χ4v) is 4.82. The van der Waals surface area contributed by atoms with E-state index < -0.39 is 0 Å². The number of nitrogens with zero attached hydrogens (tertiary/aromatic N) is 3. The number of hydrogen-bond acceptors (Lipinski definition) is 4. The molecule has 0 radical (unpaired) electrons. The molecule has 2 saturated heterocycles. The Hall–Kier alpha value is -0.720. The third-order valence-electron chi connectivity index (χ3n) is 4.82. The summed E-state index contributed by atoms with van der Waals surface area (Å²) in [6, 6.07) is 0. The molecule has 132 valence electrons. The summed E-state index contributed by atoms with van der Waals surface area (Å²) in [7, 11) is 3.99. The van der Waals surface area contributed by atoms with Crippen molar-refractivity contribution in [3.63, 3.8) is 0 Å². The second-order valence-electron chi connectivity index (χ2n) is 6.38. The van der Waals surface area contributed by atoms with Crippen molar-refractivity contribution >= 4 is 17.7 Å². The van der Waals surface area contributed by atoms with E-state index in [1.54, 1.807) is 0 Å². The highest BCUT2D eigenvalue weighted by molar-refractivity contribution is 7.99. The molecule has 2 rings (SSSR count). The fourth-order valence-electron chi connectivity index (χ4n) is 3.34. The number of nitrogens with one attached hydrogen (secondary N) is 1. The molecule has 1 unspecified atom stereocenters. The monoisotopic (exact) mass is 340 g/mol. The van der Waals surface area contributed by atoms with Gasteiger partial charge in [-0.25, -0.2) is 0 Å². The molecule has 2 fully saturated rings. The summed E-state index contributed by atoms with van der Waals surface area (Å²) in [6.07, 6.45) is 5.40. The highest BCUT2D eigenvalue weighted by atomic mass is 32.2. The molecular weight excluding hydrogens is 308 g/mol. The first-order valence-electron chi connectivity index (χ1n) is 8.65. The van der Waals surface area contributed by atoms with E-state index in [0.29, 0.717) is 0 Å². The molecule has 23 heavy (non-hydrogen) atoms. The summed E-state index contributed by atoms with van der Waals surface area (Å²) in [4.78, 5) is 9.31. The SMILES string of the molecule is C=CCCCN(C)C(=NC)NCC1(N2CCOCC2)CCSC1. The number of rotatable bonds is 7. The standard InChI is InChI=1S/C17H32N4OS/c1-4-5-6-8-20(3)16(18-2)19-14-17(7-13-23-15-17)21-9-11-22-12-10-21/h4H,1,5-15H2,2-3H3,(H,18,19). The van der Waals surface area contributed by atoms with Crippen LogP contribution >= 0.6 is 11.8 Å². The Bertz CT molecular complexity index is 390. The maximum absolute atomic E-state index is 5.54. The minimum atomic E-state index is 0.256. The summed E-state index contributed by atoms with van der Waals surface area (Å²) in [5, 5.41) is 3.63. The number of morpholine rings is 1. The number of allylic oxidation sites excluding steroid dienone is 1. The third-order valence-corrected chi connectivity index (χ3v) is 6.05. The van der Waals surface area contributed by atoms with Crippen molar-refractivity contribution < 1.29 is 4.74 Å². The molecule has 0 aromatic carbocycles. The van der Waals surface area contributed by atoms with Crippen LogP contribution < -0.4 is 5.32 Å². The van der Waals surface area contributed by atoms with Crippen LogP contribution in [0.15, 0.2) is 17.6 Å². The van der Waals surface area contributed by atoms with E-state index in [2.05, 4.69) is 45.5 Å². The van der Waals surface area contributed by atoms with Crippen molar-refractivity contribution in [1.82, 2.24) is 15.1 Å². The molecule has 0 aliphatic carbocycles. The van der Waals surface area contributed by atoms with Gasteiger partial charge in [0.15, 0.2) is 5.96 Å². The van der Waals surface area contributed by atoms with E-state index in [-0.39, 0.29) is 5.54 Å². The molecule has 2 aliphatic rings. The number of ether oxygens (including phenoxy) is 1. The van der Waals surface area contributed by atoms with Crippen LogP contribution in [0.25, 0.3) is 0 Å². The van der Waals surface area contributed by atoms with E-state index in [1.165, 1.54) is 17.9 Å². The number of unbranched alkanes of at least 4 members (excludes halogenated alkanes) is 1. The normalized spacial score (nSPS) is 26.3. The Labute approximate surface area is 145 Å². The summed E-state index contributed by atoms with van der Waals surface area (Å²) in [5.41, 5.74) is 0.256. The minimum absolute atomic E-state index is 0.256. The molecular formula is C17H32N4OS. The van der Waals surface area contributed by atoms with Gasteiger partial charge in [0.05, 0.1) is 13.2 Å². The highest BCUT2D eigenvalue weighted by Crippen LogP contribution is 2.33. The lowest BCUT2D eigenvalue weighted by molar-refractivity contribution is -0.0121. The zero-order valence-electron chi connectivity index (χ0n) is 14.7. The number of hydrogen-bond donors (Lipinski definition) is 1. The molecule has 0 amide bonds. The Balaban J connectivity index is 1.90. The van der Waals surface area contributed by atoms with Crippen molar-refractivity contribution in [2.24, 2.45) is 4.99 Å². The van der Waals surface area contributed by atoms with Crippen LogP contribution in [0.5, 0.6) is 0 Å². The molecule has 6 heteroatoms. The van der Waals surface area contributed by atoms with E-state index >= 15 is 0 Å². The average molecular weight is 341 g/mol. The third kappa shape index (κ3) is 5.13. The zero-order chi connectivity index (χ0) is 16.5. The van der Waals surface area contributed by atoms with Crippen LogP contribution in [0.4, 0.5) is 0 Å². The lowest BCUT2D eigenvalue weighted by Gasteiger charge is -2.43. The molecule has 1 N–H and O–H groups in total. The largest absolute Gasteiger partial charge is 0.379 e. The number of aliphatic imine (C=N–C) groups is 1. The van der Waals surface area contributed by atoms with E-state index in [1.807, 2.05) is 13.1 Å². The molecule has 5 nitrogen and oxygen atoms in total. The predicted molar refractivity (Wildman–Crippen MR) is 100 cm³/mol. The average Bonchev–Trinajstić information content (AvgIpc) is 3.07. The molecule has 2 aliphatic heterocycles. The second kappa shape index (κ2) is 9.55. The molecule has 0 aromatic heterocycles. The first-order valence-corrected chi connectivity index (χ1v) is 9.80. The fraction of sp³-hybridized carbons (Fsp3) is 0.824. The van der Waals surface area contributed by atoms with Crippen LogP contribution in [-0.2, 0) is 4.74 Å². The van der Waals surface area contributed by atoms with Gasteiger partial charge in [-0.05, 0) is 25.0 Å². The van der Waals surface area contributed by atoms with Crippen molar-refractivity contribution in [2.75, 3.05) is 65.0 Å². The quantitative estimate of drug-likeness (QED) is 0.330. The van der Waals surface area contributed by atoms with Gasteiger partial charge in [0, 0.05) is 51.6 Å². The summed E-state index contributed by atoms with van der Waals surface area (Å²) in [5.74, 6) is 3.46. The zero-order valence-corrected chi connectivity index (χ0v) is 15.5. The van der Waals surface area contributed by atoms with Crippen molar-refractivity contribution in [2.45, 2.75) is 24.8 Å². The molecule has 1 atom stereocenters. The van der Waals surface area contributed by atoms with Gasteiger partial charge in [-0.3, -0.25) is 9.89 Å². The van der Waals surface area contributed by atoms with Gasteiger partial charge in [-0.15, -0.1) is 6.58 Å². The van der Waals surface area contributed by atoms with Crippen LogP contribution in [0.2, 0.25) is 0 Å². The minimum Gasteiger partial charge on any atom is -0.379 e. The number of guanidine groups is 1. The molecule has 0 aromatic rings. The molecule has 0 bridgehead atoms. The van der Waals surface area contributed by atoms with Gasteiger partial charge >= 0.3 is 0 Å². The predicted octanol–water partition coefficient (Wildman–Crippen LogP) is 1.67. The lowest BCUT2D eigenvalue weighted by atomic mass is 9.95. The van der Waals surface area contributed by atoms with Gasteiger partial charge in [0.25, 0.3) is 0 Å². The Morgan fingerprint density at radius 2 is 2.26 bits per heavy atom. The van der Waals surface area contributed by atoms with Gasteiger partial charge < -0.3 is 15.0 Å². The van der Waals surface area contributed by atoms with E-state index in [0.717, 1.165) is 58.2 Å². The van der Waals surface area contributed by atoms with E-state index in [9.17, 15) is 0 Å². The molecule has 0 spiro atoms. The van der Waals surface area contributed by atoms with Crippen LogP contribution in [0.1, 0.15) is 19.3 Å². The van der Waals surface area contributed by atoms with Crippen LogP contribution in [-0.4, -0.2) is 86.3 Å². The Morgan fingerprint density at radius 1 is 1.48 bits per heavy atom. The van der Waals surface area contributed by atoms with Crippen LogP contribution in [0, 0.1) is 0 Å². The summed E-state index contributed by atoms with van der Waals surface area (Å²) < 4.78 is 5.54. The first-order chi connectivity index (χ1) is 11.2. The van der Waals surface area contributed by atoms with Gasteiger partial charge in [0.2, 0.25) is 0 Å². The van der Waals surface area contributed by atoms with Gasteiger partial charge in [-0.2, -0.15) is 11.8 Å². The molecule has 2 heterocycles. The second-order valence-corrected chi connectivity index (χ2v) is 7.48. The van der Waals surface area contributed by atoms with Crippen molar-refractivity contribution in [1.29, 1.82) is 0 Å². The lowest BCUT2D eigenvalue weighted by Crippen LogP contribution is -2.60. The smallest absolute Gasteiger partial charge is 0.193 e. The Morgan fingerprint density at radius 3 is 2.87 bits per heavy atom. The maximum Gasteiger partial charge on any atom is 0.193 e.